The molecule has 3 nitrogen and oxygen atoms in total. The van der Waals surface area contributed by atoms with Gasteiger partial charge in [-0.25, -0.2) is 4.98 Å². The van der Waals surface area contributed by atoms with Crippen LogP contribution in [0.4, 0.5) is 0 Å². The fourth-order valence-electron chi connectivity index (χ4n) is 1.45. The van der Waals surface area contributed by atoms with E-state index in [1.54, 1.807) is 18.5 Å². The molecule has 2 aromatic heterocycles. The average molecular weight is 237 g/mol. The summed E-state index contributed by atoms with van der Waals surface area (Å²) in [4.78, 5) is 8.20. The number of aromatic nitrogens is 2. The Morgan fingerprint density at radius 3 is 3.06 bits per heavy atom. The summed E-state index contributed by atoms with van der Waals surface area (Å²) >= 11 is 5.86. The minimum atomic E-state index is 0.459. The van der Waals surface area contributed by atoms with E-state index in [9.17, 15) is 0 Å². The number of fused-ring (bicyclic) bond motifs is 1. The molecule has 2 aromatic rings. The number of pyridine rings is 2. The first-order chi connectivity index (χ1) is 7.81. The topological polar surface area (TPSA) is 35.0 Å². The maximum absolute atomic E-state index is 5.86. The molecule has 0 radical (unpaired) electrons. The van der Waals surface area contributed by atoms with Crippen molar-refractivity contribution in [2.75, 3.05) is 6.61 Å². The Bertz CT molecular complexity index is 487. The van der Waals surface area contributed by atoms with Crippen LogP contribution in [0.25, 0.3) is 10.9 Å². The van der Waals surface area contributed by atoms with Crippen molar-refractivity contribution in [3.8, 4) is 5.75 Å². The van der Waals surface area contributed by atoms with Gasteiger partial charge >= 0.3 is 0 Å². The fraction of sp³-hybridized carbons (Fsp3) is 0.333. The third-order valence-corrected chi connectivity index (χ3v) is 2.52. The summed E-state index contributed by atoms with van der Waals surface area (Å²) in [5, 5.41) is 1.37. The van der Waals surface area contributed by atoms with Gasteiger partial charge in [0.1, 0.15) is 10.9 Å². The molecule has 0 fully saturated rings. The quantitative estimate of drug-likeness (QED) is 0.602. The van der Waals surface area contributed by atoms with Gasteiger partial charge in [0, 0.05) is 11.6 Å². The van der Waals surface area contributed by atoms with Crippen molar-refractivity contribution in [3.63, 3.8) is 0 Å². The van der Waals surface area contributed by atoms with Gasteiger partial charge in [0.25, 0.3) is 0 Å². The van der Waals surface area contributed by atoms with Crippen LogP contribution in [-0.4, -0.2) is 16.6 Å². The zero-order chi connectivity index (χ0) is 11.4. The Morgan fingerprint density at radius 2 is 2.25 bits per heavy atom. The second-order valence-corrected chi connectivity index (χ2v) is 3.92. The highest BCUT2D eigenvalue weighted by Crippen LogP contribution is 2.25. The predicted molar refractivity (Wildman–Crippen MR) is 65.0 cm³/mol. The van der Waals surface area contributed by atoms with Crippen molar-refractivity contribution in [1.82, 2.24) is 9.97 Å². The van der Waals surface area contributed by atoms with Gasteiger partial charge in [-0.3, -0.25) is 4.98 Å². The first-order valence-corrected chi connectivity index (χ1v) is 5.72. The van der Waals surface area contributed by atoms with Gasteiger partial charge in [-0.2, -0.15) is 0 Å². The van der Waals surface area contributed by atoms with E-state index in [1.807, 2.05) is 6.07 Å². The Balaban J connectivity index is 2.32. The second kappa shape index (κ2) is 5.12. The zero-order valence-corrected chi connectivity index (χ0v) is 9.87. The summed E-state index contributed by atoms with van der Waals surface area (Å²) in [6.45, 7) is 2.85. The predicted octanol–water partition coefficient (Wildman–Crippen LogP) is 3.46. The molecule has 0 saturated heterocycles. The lowest BCUT2D eigenvalue weighted by Gasteiger charge is -2.08. The summed E-state index contributed by atoms with van der Waals surface area (Å²) in [5.41, 5.74) is 0.804. The van der Waals surface area contributed by atoms with Crippen molar-refractivity contribution in [3.05, 3.63) is 29.7 Å². The van der Waals surface area contributed by atoms with Crippen LogP contribution in [0, 0.1) is 0 Å². The van der Waals surface area contributed by atoms with Crippen molar-refractivity contribution < 1.29 is 4.74 Å². The van der Waals surface area contributed by atoms with E-state index < -0.39 is 0 Å². The summed E-state index contributed by atoms with van der Waals surface area (Å²) in [6.07, 6.45) is 5.54. The van der Waals surface area contributed by atoms with Gasteiger partial charge in [0.2, 0.25) is 0 Å². The molecule has 2 heterocycles. The van der Waals surface area contributed by atoms with Gasteiger partial charge in [-0.05, 0) is 18.6 Å². The van der Waals surface area contributed by atoms with E-state index in [2.05, 4.69) is 16.9 Å². The molecule has 0 aliphatic carbocycles. The third kappa shape index (κ3) is 2.42. The number of hydrogen-bond donors (Lipinski definition) is 0. The van der Waals surface area contributed by atoms with Crippen molar-refractivity contribution in [2.45, 2.75) is 19.8 Å². The maximum Gasteiger partial charge on any atom is 0.130 e. The van der Waals surface area contributed by atoms with Crippen LogP contribution in [0.5, 0.6) is 5.75 Å². The molecule has 0 aliphatic rings. The lowest BCUT2D eigenvalue weighted by molar-refractivity contribution is 0.313. The number of rotatable bonds is 4. The highest BCUT2D eigenvalue weighted by molar-refractivity contribution is 6.30. The lowest BCUT2D eigenvalue weighted by atomic mass is 10.2. The Kier molecular flexibility index (Phi) is 3.57. The lowest BCUT2D eigenvalue weighted by Crippen LogP contribution is -1.97. The van der Waals surface area contributed by atoms with Crippen molar-refractivity contribution >= 4 is 22.5 Å². The largest absolute Gasteiger partial charge is 0.493 e. The SMILES string of the molecule is CCCCOc1ccnc2cnc(Cl)cc12. The molecule has 0 aliphatic heterocycles. The van der Waals surface area contributed by atoms with Gasteiger partial charge in [0.15, 0.2) is 0 Å². The smallest absolute Gasteiger partial charge is 0.130 e. The van der Waals surface area contributed by atoms with E-state index in [1.165, 1.54) is 0 Å². The van der Waals surface area contributed by atoms with Crippen molar-refractivity contribution in [1.29, 1.82) is 0 Å². The molecule has 0 amide bonds. The molecule has 0 unspecified atom stereocenters. The maximum atomic E-state index is 5.86. The first-order valence-electron chi connectivity index (χ1n) is 5.34. The van der Waals surface area contributed by atoms with Crippen molar-refractivity contribution in [2.24, 2.45) is 0 Å². The molecule has 0 aromatic carbocycles. The summed E-state index contributed by atoms with van der Waals surface area (Å²) < 4.78 is 5.69. The van der Waals surface area contributed by atoms with E-state index in [0.717, 1.165) is 36.1 Å². The highest BCUT2D eigenvalue weighted by atomic mass is 35.5. The molecule has 0 saturated carbocycles. The molecule has 0 spiro atoms. The highest BCUT2D eigenvalue weighted by Gasteiger charge is 2.04. The standard InChI is InChI=1S/C12H13ClN2O/c1-2-3-6-16-11-4-5-14-10-8-15-12(13)7-9(10)11/h4-5,7-8H,2-3,6H2,1H3. The number of nitrogens with zero attached hydrogens (tertiary/aromatic N) is 2. The van der Waals surface area contributed by atoms with Gasteiger partial charge < -0.3 is 4.74 Å². The normalized spacial score (nSPS) is 10.6. The van der Waals surface area contributed by atoms with Gasteiger partial charge in [0.05, 0.1) is 18.3 Å². The molecular formula is C12H13ClN2O. The number of halogens is 1. The van der Waals surface area contributed by atoms with Crippen LogP contribution in [-0.2, 0) is 0 Å². The number of hydrogen-bond acceptors (Lipinski definition) is 3. The summed E-state index contributed by atoms with van der Waals surface area (Å²) in [5.74, 6) is 0.822. The van der Waals surface area contributed by atoms with E-state index in [4.69, 9.17) is 16.3 Å². The Hall–Kier alpha value is -1.35. The molecule has 16 heavy (non-hydrogen) atoms. The Labute approximate surface area is 99.4 Å². The monoisotopic (exact) mass is 236 g/mol. The fourth-order valence-corrected chi connectivity index (χ4v) is 1.61. The second-order valence-electron chi connectivity index (χ2n) is 3.54. The van der Waals surface area contributed by atoms with Gasteiger partial charge in [-0.15, -0.1) is 0 Å². The third-order valence-electron chi connectivity index (χ3n) is 2.31. The molecule has 0 atom stereocenters. The molecule has 4 heteroatoms. The minimum absolute atomic E-state index is 0.459. The number of ether oxygens (including phenoxy) is 1. The summed E-state index contributed by atoms with van der Waals surface area (Å²) in [7, 11) is 0. The average Bonchev–Trinajstić information content (AvgIpc) is 2.30. The molecule has 2 rings (SSSR count). The molecular weight excluding hydrogens is 224 g/mol. The Morgan fingerprint density at radius 1 is 1.38 bits per heavy atom. The molecule has 84 valence electrons. The van der Waals surface area contributed by atoms with Crippen LogP contribution in [0.3, 0.4) is 0 Å². The van der Waals surface area contributed by atoms with Crippen LogP contribution >= 0.6 is 11.6 Å². The zero-order valence-electron chi connectivity index (χ0n) is 9.11. The van der Waals surface area contributed by atoms with Crippen LogP contribution in [0.1, 0.15) is 19.8 Å². The minimum Gasteiger partial charge on any atom is -0.493 e. The number of unbranched alkanes of at least 4 members (excludes halogenated alkanes) is 1. The van der Waals surface area contributed by atoms with Gasteiger partial charge in [-0.1, -0.05) is 24.9 Å². The van der Waals surface area contributed by atoms with E-state index in [0.29, 0.717) is 5.15 Å². The first kappa shape index (κ1) is 11.1. The van der Waals surface area contributed by atoms with Crippen LogP contribution in [0.15, 0.2) is 24.5 Å². The van der Waals surface area contributed by atoms with E-state index in [-0.39, 0.29) is 0 Å². The van der Waals surface area contributed by atoms with Crippen LogP contribution < -0.4 is 4.74 Å². The van der Waals surface area contributed by atoms with E-state index >= 15 is 0 Å². The molecule has 0 bridgehead atoms. The molecule has 0 N–H and O–H groups in total. The van der Waals surface area contributed by atoms with Crippen LogP contribution in [0.2, 0.25) is 5.15 Å². The summed E-state index contributed by atoms with van der Waals surface area (Å²) in [6, 6.07) is 3.64.